The number of allylic oxidation sites excluding steroid dienone is 8. The van der Waals surface area contributed by atoms with Gasteiger partial charge < -0.3 is 0 Å². The molecule has 0 N–H and O–H groups in total. The first-order valence-electron chi connectivity index (χ1n) is 5.97. The van der Waals surface area contributed by atoms with Crippen LogP contribution >= 0.6 is 0 Å². The summed E-state index contributed by atoms with van der Waals surface area (Å²) in [7, 11) is 0. The highest BCUT2D eigenvalue weighted by atomic mass is 14.1. The molecule has 15 heavy (non-hydrogen) atoms. The van der Waals surface area contributed by atoms with E-state index in [9.17, 15) is 0 Å². The van der Waals surface area contributed by atoms with Crippen molar-refractivity contribution in [2.24, 2.45) is 5.92 Å². The Hall–Kier alpha value is -1.04. The highest BCUT2D eigenvalue weighted by Crippen LogP contribution is 2.23. The molecule has 0 fully saturated rings. The van der Waals surface area contributed by atoms with Gasteiger partial charge in [-0.3, -0.25) is 0 Å². The van der Waals surface area contributed by atoms with Crippen molar-refractivity contribution < 1.29 is 0 Å². The Morgan fingerprint density at radius 1 is 1.40 bits per heavy atom. The number of hydrogen-bond donors (Lipinski definition) is 0. The molecule has 1 rings (SSSR count). The predicted octanol–water partition coefficient (Wildman–Crippen LogP) is 4.81. The van der Waals surface area contributed by atoms with E-state index in [0.717, 1.165) is 12.8 Å². The lowest BCUT2D eigenvalue weighted by Crippen LogP contribution is -1.97. The summed E-state index contributed by atoms with van der Waals surface area (Å²) < 4.78 is 0. The second-order valence-corrected chi connectivity index (χ2v) is 4.14. The zero-order valence-electron chi connectivity index (χ0n) is 10.2. The number of rotatable bonds is 3. The largest absolute Gasteiger partial charge is 0.0804 e. The zero-order valence-corrected chi connectivity index (χ0v) is 10.2. The van der Waals surface area contributed by atoms with Crippen LogP contribution in [0.15, 0.2) is 47.6 Å². The minimum Gasteiger partial charge on any atom is -0.0804 e. The van der Waals surface area contributed by atoms with Crippen molar-refractivity contribution in [2.75, 3.05) is 0 Å². The zero-order chi connectivity index (χ0) is 11.1. The van der Waals surface area contributed by atoms with Crippen LogP contribution in [0.5, 0.6) is 0 Å². The Bertz CT molecular complexity index is 300. The first-order chi connectivity index (χ1) is 7.27. The average molecular weight is 202 g/mol. The third-order valence-electron chi connectivity index (χ3n) is 3.00. The summed E-state index contributed by atoms with van der Waals surface area (Å²) in [5, 5.41) is 0. The molecule has 0 aliphatic heterocycles. The van der Waals surface area contributed by atoms with E-state index in [1.165, 1.54) is 17.6 Å². The van der Waals surface area contributed by atoms with Crippen molar-refractivity contribution in [2.45, 2.75) is 40.0 Å². The molecule has 0 amide bonds. The summed E-state index contributed by atoms with van der Waals surface area (Å²) in [5.41, 5.74) is 2.99. The first kappa shape index (κ1) is 12.0. The fourth-order valence-corrected chi connectivity index (χ4v) is 1.71. The number of hydrogen-bond acceptors (Lipinski definition) is 0. The lowest BCUT2D eigenvalue weighted by Gasteiger charge is -2.12. The van der Waals surface area contributed by atoms with Gasteiger partial charge in [0.15, 0.2) is 0 Å². The summed E-state index contributed by atoms with van der Waals surface area (Å²) in [6.07, 6.45) is 16.9. The van der Waals surface area contributed by atoms with Crippen LogP contribution in [0.25, 0.3) is 0 Å². The molecule has 1 atom stereocenters. The minimum atomic E-state index is 0.626. The molecule has 1 aliphatic carbocycles. The van der Waals surface area contributed by atoms with Gasteiger partial charge in [0, 0.05) is 0 Å². The molecule has 0 saturated carbocycles. The molecular formula is C15H22. The fraction of sp³-hybridized carbons (Fsp3) is 0.467. The predicted molar refractivity (Wildman–Crippen MR) is 68.8 cm³/mol. The van der Waals surface area contributed by atoms with Crippen molar-refractivity contribution in [1.82, 2.24) is 0 Å². The lowest BCUT2D eigenvalue weighted by atomic mass is 9.93. The van der Waals surface area contributed by atoms with E-state index in [2.05, 4.69) is 57.2 Å². The van der Waals surface area contributed by atoms with Gasteiger partial charge in [0.1, 0.15) is 0 Å². The van der Waals surface area contributed by atoms with Crippen molar-refractivity contribution in [3.63, 3.8) is 0 Å². The van der Waals surface area contributed by atoms with Crippen molar-refractivity contribution in [3.8, 4) is 0 Å². The van der Waals surface area contributed by atoms with Gasteiger partial charge in [-0.2, -0.15) is 0 Å². The second-order valence-electron chi connectivity index (χ2n) is 4.14. The van der Waals surface area contributed by atoms with E-state index in [0.29, 0.717) is 5.92 Å². The molecule has 0 radical (unpaired) electrons. The maximum Gasteiger partial charge on any atom is -0.00166 e. The van der Waals surface area contributed by atoms with Gasteiger partial charge in [0.25, 0.3) is 0 Å². The quantitative estimate of drug-likeness (QED) is 0.616. The second kappa shape index (κ2) is 6.44. The highest BCUT2D eigenvalue weighted by molar-refractivity contribution is 5.27. The average Bonchev–Trinajstić information content (AvgIpc) is 2.50. The van der Waals surface area contributed by atoms with Crippen LogP contribution in [-0.2, 0) is 0 Å². The lowest BCUT2D eigenvalue weighted by molar-refractivity contribution is 0.713. The van der Waals surface area contributed by atoms with E-state index in [-0.39, 0.29) is 0 Å². The Kier molecular flexibility index (Phi) is 5.17. The van der Waals surface area contributed by atoms with Crippen molar-refractivity contribution in [3.05, 3.63) is 47.6 Å². The summed E-state index contributed by atoms with van der Waals surface area (Å²) in [6.45, 7) is 6.65. The van der Waals surface area contributed by atoms with Gasteiger partial charge in [0.05, 0.1) is 0 Å². The molecule has 0 saturated heterocycles. The Morgan fingerprint density at radius 3 is 2.87 bits per heavy atom. The Labute approximate surface area is 94.1 Å². The van der Waals surface area contributed by atoms with Gasteiger partial charge in [-0.25, -0.2) is 0 Å². The molecule has 0 aromatic carbocycles. The molecule has 0 aromatic rings. The third-order valence-corrected chi connectivity index (χ3v) is 3.00. The standard InChI is InChI=1S/C15H22/c1-4-13(3)11-12-15-10-8-6-7-9-14(15)5-2/h6-9,11-12,14H,4-5,10H2,1-3H3. The van der Waals surface area contributed by atoms with Gasteiger partial charge >= 0.3 is 0 Å². The Balaban J connectivity index is 2.80. The van der Waals surface area contributed by atoms with Crippen molar-refractivity contribution >= 4 is 0 Å². The molecule has 0 aromatic heterocycles. The van der Waals surface area contributed by atoms with Gasteiger partial charge in [-0.05, 0) is 32.1 Å². The molecule has 0 heteroatoms. The Morgan fingerprint density at radius 2 is 2.20 bits per heavy atom. The maximum atomic E-state index is 2.31. The van der Waals surface area contributed by atoms with E-state index < -0.39 is 0 Å². The van der Waals surface area contributed by atoms with Crippen LogP contribution in [0, 0.1) is 5.92 Å². The van der Waals surface area contributed by atoms with Gasteiger partial charge in [-0.1, -0.05) is 61.4 Å². The van der Waals surface area contributed by atoms with Crippen LogP contribution in [0.1, 0.15) is 40.0 Å². The summed E-state index contributed by atoms with van der Waals surface area (Å²) in [4.78, 5) is 0. The van der Waals surface area contributed by atoms with Crippen LogP contribution < -0.4 is 0 Å². The molecule has 0 bridgehead atoms. The third kappa shape index (κ3) is 3.91. The summed E-state index contributed by atoms with van der Waals surface area (Å²) in [5.74, 6) is 0.626. The summed E-state index contributed by atoms with van der Waals surface area (Å²) in [6, 6.07) is 0. The topological polar surface area (TPSA) is 0 Å². The van der Waals surface area contributed by atoms with Crippen LogP contribution in [0.3, 0.4) is 0 Å². The van der Waals surface area contributed by atoms with E-state index >= 15 is 0 Å². The SMILES string of the molecule is CCC(C)=CC=C1CC=CC=CC1CC. The monoisotopic (exact) mass is 202 g/mol. The molecule has 0 nitrogen and oxygen atoms in total. The minimum absolute atomic E-state index is 0.626. The first-order valence-corrected chi connectivity index (χ1v) is 5.97. The molecule has 0 spiro atoms. The van der Waals surface area contributed by atoms with E-state index in [1.807, 2.05) is 0 Å². The molecule has 0 heterocycles. The maximum absolute atomic E-state index is 2.31. The fourth-order valence-electron chi connectivity index (χ4n) is 1.71. The molecular weight excluding hydrogens is 180 g/mol. The van der Waals surface area contributed by atoms with Crippen molar-refractivity contribution in [1.29, 1.82) is 0 Å². The highest BCUT2D eigenvalue weighted by Gasteiger charge is 2.08. The van der Waals surface area contributed by atoms with E-state index in [1.54, 1.807) is 0 Å². The molecule has 82 valence electrons. The van der Waals surface area contributed by atoms with Gasteiger partial charge in [0.2, 0.25) is 0 Å². The van der Waals surface area contributed by atoms with Crippen LogP contribution in [0.2, 0.25) is 0 Å². The summed E-state index contributed by atoms with van der Waals surface area (Å²) >= 11 is 0. The smallest absolute Gasteiger partial charge is 0.00166 e. The molecule has 1 aliphatic rings. The van der Waals surface area contributed by atoms with Crippen LogP contribution in [0.4, 0.5) is 0 Å². The molecule has 1 unspecified atom stereocenters. The van der Waals surface area contributed by atoms with Crippen LogP contribution in [-0.4, -0.2) is 0 Å². The van der Waals surface area contributed by atoms with Gasteiger partial charge in [-0.15, -0.1) is 0 Å². The normalized spacial score (nSPS) is 24.6. The van der Waals surface area contributed by atoms with E-state index in [4.69, 9.17) is 0 Å².